The maximum Gasteiger partial charge on any atom is 0.0652 e. The van der Waals surface area contributed by atoms with Crippen LogP contribution in [0, 0.1) is 11.8 Å². The molecule has 1 fully saturated rings. The van der Waals surface area contributed by atoms with Crippen molar-refractivity contribution in [3.05, 3.63) is 0 Å². The van der Waals surface area contributed by atoms with Gasteiger partial charge >= 0.3 is 0 Å². The van der Waals surface area contributed by atoms with Crippen molar-refractivity contribution in [3.63, 3.8) is 0 Å². The Morgan fingerprint density at radius 2 is 2.15 bits per heavy atom. The quantitative estimate of drug-likeness (QED) is 0.713. The van der Waals surface area contributed by atoms with Gasteiger partial charge in [-0.2, -0.15) is 0 Å². The van der Waals surface area contributed by atoms with Crippen LogP contribution in [0.1, 0.15) is 59.3 Å². The van der Waals surface area contributed by atoms with E-state index in [1.165, 1.54) is 19.3 Å². The standard InChI is InChI=1S/C12H24O/c1-4-11-6-5-7-12(13,9-11)8-10(2)3/h10-11,13H,4-9H2,1-3H3. The lowest BCUT2D eigenvalue weighted by molar-refractivity contribution is -0.0327. The molecule has 0 aliphatic heterocycles. The number of hydrogen-bond donors (Lipinski definition) is 1. The fourth-order valence-corrected chi connectivity index (χ4v) is 2.76. The smallest absolute Gasteiger partial charge is 0.0652 e. The highest BCUT2D eigenvalue weighted by Gasteiger charge is 2.33. The molecular weight excluding hydrogens is 160 g/mol. The summed E-state index contributed by atoms with van der Waals surface area (Å²) in [4.78, 5) is 0. The van der Waals surface area contributed by atoms with Crippen LogP contribution in [0.5, 0.6) is 0 Å². The Labute approximate surface area is 82.5 Å². The molecule has 0 spiro atoms. The van der Waals surface area contributed by atoms with Gasteiger partial charge in [0, 0.05) is 0 Å². The van der Waals surface area contributed by atoms with Crippen molar-refractivity contribution in [1.82, 2.24) is 0 Å². The third-order valence-corrected chi connectivity index (χ3v) is 3.29. The molecule has 2 unspecified atom stereocenters. The third kappa shape index (κ3) is 3.30. The molecule has 78 valence electrons. The van der Waals surface area contributed by atoms with E-state index in [2.05, 4.69) is 20.8 Å². The Bertz CT molecular complexity index is 153. The molecule has 0 amide bonds. The van der Waals surface area contributed by atoms with Crippen LogP contribution >= 0.6 is 0 Å². The predicted octanol–water partition coefficient (Wildman–Crippen LogP) is 3.36. The second-order valence-electron chi connectivity index (χ2n) is 5.19. The van der Waals surface area contributed by atoms with Crippen LogP contribution in [0.2, 0.25) is 0 Å². The fraction of sp³-hybridized carbons (Fsp3) is 1.00. The average Bonchev–Trinajstić information content (AvgIpc) is 2.02. The highest BCUT2D eigenvalue weighted by Crippen LogP contribution is 2.37. The lowest BCUT2D eigenvalue weighted by Crippen LogP contribution is -2.36. The predicted molar refractivity (Wildman–Crippen MR) is 56.7 cm³/mol. The first-order valence-electron chi connectivity index (χ1n) is 5.78. The first-order valence-corrected chi connectivity index (χ1v) is 5.78. The molecule has 0 bridgehead atoms. The zero-order valence-corrected chi connectivity index (χ0v) is 9.34. The van der Waals surface area contributed by atoms with E-state index in [1.807, 2.05) is 0 Å². The van der Waals surface area contributed by atoms with Crippen molar-refractivity contribution in [2.24, 2.45) is 11.8 Å². The molecule has 1 nitrogen and oxygen atoms in total. The minimum Gasteiger partial charge on any atom is -0.390 e. The van der Waals surface area contributed by atoms with Gasteiger partial charge in [0.15, 0.2) is 0 Å². The van der Waals surface area contributed by atoms with Crippen molar-refractivity contribution >= 4 is 0 Å². The lowest BCUT2D eigenvalue weighted by atomic mass is 9.73. The zero-order valence-electron chi connectivity index (χ0n) is 9.34. The van der Waals surface area contributed by atoms with E-state index in [1.54, 1.807) is 0 Å². The summed E-state index contributed by atoms with van der Waals surface area (Å²) in [7, 11) is 0. The Kier molecular flexibility index (Phi) is 3.78. The van der Waals surface area contributed by atoms with E-state index in [0.29, 0.717) is 5.92 Å². The molecule has 0 aromatic rings. The van der Waals surface area contributed by atoms with Gasteiger partial charge in [0.25, 0.3) is 0 Å². The van der Waals surface area contributed by atoms with Crippen LogP contribution < -0.4 is 0 Å². The van der Waals surface area contributed by atoms with E-state index in [4.69, 9.17) is 0 Å². The number of aliphatic hydroxyl groups is 1. The van der Waals surface area contributed by atoms with E-state index in [0.717, 1.165) is 25.2 Å². The first-order chi connectivity index (χ1) is 6.06. The van der Waals surface area contributed by atoms with Crippen LogP contribution in [-0.4, -0.2) is 10.7 Å². The highest BCUT2D eigenvalue weighted by atomic mass is 16.3. The SMILES string of the molecule is CCC1CCCC(O)(CC(C)C)C1. The third-order valence-electron chi connectivity index (χ3n) is 3.29. The van der Waals surface area contributed by atoms with Gasteiger partial charge in [0.1, 0.15) is 0 Å². The molecule has 0 aromatic carbocycles. The molecule has 2 atom stereocenters. The topological polar surface area (TPSA) is 20.2 Å². The minimum absolute atomic E-state index is 0.326. The second kappa shape index (κ2) is 4.45. The maximum absolute atomic E-state index is 10.3. The molecule has 1 saturated carbocycles. The summed E-state index contributed by atoms with van der Waals surface area (Å²) in [5.41, 5.74) is -0.326. The summed E-state index contributed by atoms with van der Waals surface area (Å²) in [6.45, 7) is 6.65. The summed E-state index contributed by atoms with van der Waals surface area (Å²) < 4.78 is 0. The molecule has 0 aromatic heterocycles. The van der Waals surface area contributed by atoms with Crippen LogP contribution in [0.4, 0.5) is 0 Å². The summed E-state index contributed by atoms with van der Waals surface area (Å²) in [5, 5.41) is 10.3. The van der Waals surface area contributed by atoms with Crippen molar-refractivity contribution in [1.29, 1.82) is 0 Å². The molecule has 1 rings (SSSR count). The van der Waals surface area contributed by atoms with Crippen LogP contribution in [0.25, 0.3) is 0 Å². The van der Waals surface area contributed by atoms with E-state index in [-0.39, 0.29) is 5.60 Å². The van der Waals surface area contributed by atoms with Crippen molar-refractivity contribution in [2.45, 2.75) is 64.9 Å². The fourth-order valence-electron chi connectivity index (χ4n) is 2.76. The molecule has 1 aliphatic rings. The number of hydrogen-bond acceptors (Lipinski definition) is 1. The van der Waals surface area contributed by atoms with Gasteiger partial charge in [-0.3, -0.25) is 0 Å². The molecular formula is C12H24O. The Hall–Kier alpha value is -0.0400. The van der Waals surface area contributed by atoms with Gasteiger partial charge in [-0.05, 0) is 31.1 Å². The second-order valence-corrected chi connectivity index (χ2v) is 5.19. The summed E-state index contributed by atoms with van der Waals surface area (Å²) in [6.07, 6.45) is 6.85. The maximum atomic E-state index is 10.3. The summed E-state index contributed by atoms with van der Waals surface area (Å²) >= 11 is 0. The molecule has 1 N–H and O–H groups in total. The van der Waals surface area contributed by atoms with E-state index >= 15 is 0 Å². The van der Waals surface area contributed by atoms with Gasteiger partial charge in [0.2, 0.25) is 0 Å². The summed E-state index contributed by atoms with van der Waals surface area (Å²) in [6, 6.07) is 0. The van der Waals surface area contributed by atoms with Crippen molar-refractivity contribution < 1.29 is 5.11 Å². The average molecular weight is 184 g/mol. The normalized spacial score (nSPS) is 35.3. The summed E-state index contributed by atoms with van der Waals surface area (Å²) in [5.74, 6) is 1.40. The lowest BCUT2D eigenvalue weighted by Gasteiger charge is -2.37. The molecule has 0 saturated heterocycles. The molecule has 1 aliphatic carbocycles. The van der Waals surface area contributed by atoms with Crippen LogP contribution in [0.3, 0.4) is 0 Å². The molecule has 13 heavy (non-hydrogen) atoms. The van der Waals surface area contributed by atoms with Gasteiger partial charge in [-0.1, -0.05) is 40.0 Å². The number of rotatable bonds is 3. The van der Waals surface area contributed by atoms with Gasteiger partial charge in [-0.25, -0.2) is 0 Å². The van der Waals surface area contributed by atoms with Gasteiger partial charge in [-0.15, -0.1) is 0 Å². The van der Waals surface area contributed by atoms with Gasteiger partial charge < -0.3 is 5.11 Å². The van der Waals surface area contributed by atoms with Crippen LogP contribution in [-0.2, 0) is 0 Å². The van der Waals surface area contributed by atoms with Gasteiger partial charge in [0.05, 0.1) is 5.60 Å². The Balaban J connectivity index is 2.47. The van der Waals surface area contributed by atoms with Crippen molar-refractivity contribution in [3.8, 4) is 0 Å². The highest BCUT2D eigenvalue weighted by molar-refractivity contribution is 4.86. The van der Waals surface area contributed by atoms with Crippen LogP contribution in [0.15, 0.2) is 0 Å². The first kappa shape index (κ1) is 11.0. The van der Waals surface area contributed by atoms with Crippen molar-refractivity contribution in [2.75, 3.05) is 0 Å². The largest absolute Gasteiger partial charge is 0.390 e. The van der Waals surface area contributed by atoms with E-state index in [9.17, 15) is 5.11 Å². The van der Waals surface area contributed by atoms with E-state index < -0.39 is 0 Å². The molecule has 0 heterocycles. The zero-order chi connectivity index (χ0) is 9.90. The Morgan fingerprint density at radius 1 is 1.46 bits per heavy atom. The Morgan fingerprint density at radius 3 is 2.69 bits per heavy atom. The molecule has 1 heteroatoms. The minimum atomic E-state index is -0.326. The molecule has 0 radical (unpaired) electrons. The monoisotopic (exact) mass is 184 g/mol.